The zero-order valence-electron chi connectivity index (χ0n) is 21.3. The van der Waals surface area contributed by atoms with Gasteiger partial charge in [-0.15, -0.1) is 0 Å². The number of likely N-dealkylation sites (tertiary alicyclic amines) is 1. The molecule has 0 unspecified atom stereocenters. The number of carbonyl (C=O) groups is 2. The summed E-state index contributed by atoms with van der Waals surface area (Å²) in [6.07, 6.45) is 5.08. The maximum atomic E-state index is 12.7. The Balaban J connectivity index is 1.35. The van der Waals surface area contributed by atoms with Gasteiger partial charge in [-0.05, 0) is 91.9 Å². The summed E-state index contributed by atoms with van der Waals surface area (Å²) in [5, 5.41) is 0. The molecule has 0 aliphatic carbocycles. The third-order valence-corrected chi connectivity index (χ3v) is 6.17. The van der Waals surface area contributed by atoms with Gasteiger partial charge in [0.15, 0.2) is 11.5 Å². The molecule has 1 aliphatic heterocycles. The molecule has 1 fully saturated rings. The minimum atomic E-state index is -0.347. The van der Waals surface area contributed by atoms with E-state index in [4.69, 9.17) is 14.2 Å². The second-order valence-electron chi connectivity index (χ2n) is 8.77. The molecule has 0 radical (unpaired) electrons. The molecule has 1 heterocycles. The first-order valence-corrected chi connectivity index (χ1v) is 12.6. The Labute approximate surface area is 217 Å². The first-order chi connectivity index (χ1) is 18.1. The number of aliphatic imine (C=N–C) groups is 1. The van der Waals surface area contributed by atoms with E-state index in [9.17, 15) is 9.59 Å². The Morgan fingerprint density at radius 2 is 1.59 bits per heavy atom. The van der Waals surface area contributed by atoms with Gasteiger partial charge in [-0.3, -0.25) is 9.79 Å². The molecule has 192 valence electrons. The molecule has 0 saturated carbocycles. The van der Waals surface area contributed by atoms with Crippen molar-refractivity contribution in [3.05, 3.63) is 89.0 Å². The molecule has 7 nitrogen and oxygen atoms in total. The fourth-order valence-corrected chi connectivity index (χ4v) is 4.12. The van der Waals surface area contributed by atoms with Crippen LogP contribution in [0.1, 0.15) is 58.0 Å². The molecular weight excluding hydrogens is 468 g/mol. The van der Waals surface area contributed by atoms with E-state index in [1.807, 2.05) is 47.4 Å². The summed E-state index contributed by atoms with van der Waals surface area (Å²) < 4.78 is 16.5. The van der Waals surface area contributed by atoms with Crippen molar-refractivity contribution < 1.29 is 23.8 Å². The summed E-state index contributed by atoms with van der Waals surface area (Å²) in [6.45, 7) is 4.15. The number of rotatable bonds is 9. The smallest absolute Gasteiger partial charge is 0.338 e. The standard InChI is InChI=1S/C30H32N2O5/c1-3-36-30(34)25-12-14-26(15-13-25)31-20-23-9-16-27(28(19-23)35-2)37-21-22-7-10-24(11-8-22)29(33)32-17-5-4-6-18-32/h7-16,19-20H,3-6,17-18,21H2,1-2H3. The normalized spacial score (nSPS) is 13.4. The Hall–Kier alpha value is -4.13. The molecule has 0 atom stereocenters. The lowest BCUT2D eigenvalue weighted by atomic mass is 10.1. The minimum Gasteiger partial charge on any atom is -0.493 e. The van der Waals surface area contributed by atoms with Crippen LogP contribution in [0.2, 0.25) is 0 Å². The van der Waals surface area contributed by atoms with Gasteiger partial charge in [-0.25, -0.2) is 4.79 Å². The van der Waals surface area contributed by atoms with E-state index in [1.165, 1.54) is 6.42 Å². The van der Waals surface area contributed by atoms with Crippen LogP contribution in [0.4, 0.5) is 5.69 Å². The van der Waals surface area contributed by atoms with E-state index >= 15 is 0 Å². The number of methoxy groups -OCH3 is 1. The molecule has 0 spiro atoms. The summed E-state index contributed by atoms with van der Waals surface area (Å²) >= 11 is 0. The Morgan fingerprint density at radius 3 is 2.27 bits per heavy atom. The second kappa shape index (κ2) is 12.7. The quantitative estimate of drug-likeness (QED) is 0.273. The van der Waals surface area contributed by atoms with Crippen molar-refractivity contribution in [3.8, 4) is 11.5 Å². The maximum absolute atomic E-state index is 12.7. The van der Waals surface area contributed by atoms with E-state index in [0.717, 1.165) is 42.7 Å². The van der Waals surface area contributed by atoms with Crippen LogP contribution in [0.3, 0.4) is 0 Å². The molecule has 0 aromatic heterocycles. The molecule has 1 aliphatic rings. The van der Waals surface area contributed by atoms with Crippen LogP contribution in [-0.2, 0) is 11.3 Å². The summed E-state index contributed by atoms with van der Waals surface area (Å²) in [5.41, 5.74) is 3.73. The third kappa shape index (κ3) is 6.97. The van der Waals surface area contributed by atoms with Crippen molar-refractivity contribution in [1.82, 2.24) is 4.90 Å². The van der Waals surface area contributed by atoms with Gasteiger partial charge in [0.1, 0.15) is 6.61 Å². The average Bonchev–Trinajstić information content (AvgIpc) is 2.96. The Kier molecular flexibility index (Phi) is 8.92. The molecule has 0 N–H and O–H groups in total. The van der Waals surface area contributed by atoms with E-state index < -0.39 is 0 Å². The first kappa shape index (κ1) is 25.9. The highest BCUT2D eigenvalue weighted by Crippen LogP contribution is 2.29. The van der Waals surface area contributed by atoms with Gasteiger partial charge in [-0.2, -0.15) is 0 Å². The molecule has 1 saturated heterocycles. The van der Waals surface area contributed by atoms with Crippen LogP contribution in [0.25, 0.3) is 0 Å². The molecule has 1 amide bonds. The highest BCUT2D eigenvalue weighted by Gasteiger charge is 2.18. The van der Waals surface area contributed by atoms with Crippen molar-refractivity contribution in [2.45, 2.75) is 32.8 Å². The Morgan fingerprint density at radius 1 is 0.892 bits per heavy atom. The maximum Gasteiger partial charge on any atom is 0.338 e. The van der Waals surface area contributed by atoms with Crippen molar-refractivity contribution in [2.24, 2.45) is 4.99 Å². The molecule has 3 aromatic carbocycles. The lowest BCUT2D eigenvalue weighted by Crippen LogP contribution is -2.35. The molecule has 3 aromatic rings. The average molecular weight is 501 g/mol. The van der Waals surface area contributed by atoms with Gasteiger partial charge in [0.25, 0.3) is 5.91 Å². The largest absolute Gasteiger partial charge is 0.493 e. The fourth-order valence-electron chi connectivity index (χ4n) is 4.12. The molecule has 0 bridgehead atoms. The summed E-state index contributed by atoms with van der Waals surface area (Å²) in [4.78, 5) is 30.9. The number of nitrogens with zero attached hydrogens (tertiary/aromatic N) is 2. The van der Waals surface area contributed by atoms with Gasteiger partial charge in [0, 0.05) is 24.9 Å². The number of esters is 1. The molecule has 37 heavy (non-hydrogen) atoms. The first-order valence-electron chi connectivity index (χ1n) is 12.6. The molecular formula is C30H32N2O5. The van der Waals surface area contributed by atoms with Gasteiger partial charge >= 0.3 is 5.97 Å². The monoisotopic (exact) mass is 500 g/mol. The van der Waals surface area contributed by atoms with E-state index in [0.29, 0.717) is 35.8 Å². The van der Waals surface area contributed by atoms with Gasteiger partial charge in [-0.1, -0.05) is 12.1 Å². The highest BCUT2D eigenvalue weighted by atomic mass is 16.5. The number of piperidine rings is 1. The van der Waals surface area contributed by atoms with Gasteiger partial charge in [0.05, 0.1) is 25.0 Å². The summed E-state index contributed by atoms with van der Waals surface area (Å²) in [7, 11) is 1.60. The second-order valence-corrected chi connectivity index (χ2v) is 8.77. The zero-order chi connectivity index (χ0) is 26.0. The van der Waals surface area contributed by atoms with Crippen LogP contribution >= 0.6 is 0 Å². The molecule has 7 heteroatoms. The van der Waals surface area contributed by atoms with Crippen LogP contribution in [0, 0.1) is 0 Å². The van der Waals surface area contributed by atoms with Gasteiger partial charge in [0.2, 0.25) is 0 Å². The zero-order valence-corrected chi connectivity index (χ0v) is 21.3. The van der Waals surface area contributed by atoms with Crippen LogP contribution < -0.4 is 9.47 Å². The lowest BCUT2D eigenvalue weighted by molar-refractivity contribution is 0.0526. The number of hydrogen-bond donors (Lipinski definition) is 0. The van der Waals surface area contributed by atoms with Crippen LogP contribution in [-0.4, -0.2) is 49.8 Å². The number of benzene rings is 3. The van der Waals surface area contributed by atoms with Crippen LogP contribution in [0.15, 0.2) is 71.7 Å². The van der Waals surface area contributed by atoms with E-state index in [1.54, 1.807) is 44.5 Å². The van der Waals surface area contributed by atoms with E-state index in [2.05, 4.69) is 4.99 Å². The minimum absolute atomic E-state index is 0.0982. The van der Waals surface area contributed by atoms with Crippen molar-refractivity contribution in [1.29, 1.82) is 0 Å². The number of amides is 1. The Bertz CT molecular complexity index is 1230. The topological polar surface area (TPSA) is 77.4 Å². The lowest BCUT2D eigenvalue weighted by Gasteiger charge is -2.26. The molecule has 4 rings (SSSR count). The summed E-state index contributed by atoms with van der Waals surface area (Å²) in [5.74, 6) is 0.965. The van der Waals surface area contributed by atoms with Crippen molar-refractivity contribution in [3.63, 3.8) is 0 Å². The van der Waals surface area contributed by atoms with Gasteiger partial charge < -0.3 is 19.1 Å². The SMILES string of the molecule is CCOC(=O)c1ccc(N=Cc2ccc(OCc3ccc(C(=O)N4CCCCC4)cc3)c(OC)c2)cc1. The fraction of sp³-hybridized carbons (Fsp3) is 0.300. The number of ether oxygens (including phenoxy) is 3. The van der Waals surface area contributed by atoms with E-state index in [-0.39, 0.29) is 11.9 Å². The third-order valence-electron chi connectivity index (χ3n) is 6.17. The van der Waals surface area contributed by atoms with Crippen molar-refractivity contribution >= 4 is 23.8 Å². The predicted molar refractivity (Wildman–Crippen MR) is 143 cm³/mol. The highest BCUT2D eigenvalue weighted by molar-refractivity contribution is 5.94. The number of hydrogen-bond acceptors (Lipinski definition) is 6. The predicted octanol–water partition coefficient (Wildman–Crippen LogP) is 5.83. The van der Waals surface area contributed by atoms with Crippen LogP contribution in [0.5, 0.6) is 11.5 Å². The number of carbonyl (C=O) groups excluding carboxylic acids is 2. The van der Waals surface area contributed by atoms with Crippen molar-refractivity contribution in [2.75, 3.05) is 26.8 Å². The summed E-state index contributed by atoms with van der Waals surface area (Å²) in [6, 6.07) is 20.1.